The lowest BCUT2D eigenvalue weighted by Crippen LogP contribution is -2.17. The Morgan fingerprint density at radius 2 is 1.83 bits per heavy atom. The molecule has 2 aromatic carbocycles. The van der Waals surface area contributed by atoms with E-state index in [9.17, 15) is 13.2 Å². The molecule has 0 aliphatic heterocycles. The van der Waals surface area contributed by atoms with Crippen LogP contribution in [0.1, 0.15) is 0 Å². The number of methoxy groups -OCH3 is 1. The second-order valence-corrected chi connectivity index (χ2v) is 6.70. The molecule has 23 heavy (non-hydrogen) atoms. The number of hydrogen-bond donors (Lipinski definition) is 0. The number of alkyl halides is 3. The standard InChI is InChI=1S/C16H10BrF3O2S/c1-21-11-4-2-9-6-15(23-14(9)8-11)12-5-3-10(17)7-13(12)22-16(18,19)20/h2-8H,1H3. The van der Waals surface area contributed by atoms with Crippen LogP contribution < -0.4 is 9.47 Å². The third kappa shape index (κ3) is 3.61. The van der Waals surface area contributed by atoms with Crippen molar-refractivity contribution in [2.45, 2.75) is 6.36 Å². The maximum absolute atomic E-state index is 12.6. The topological polar surface area (TPSA) is 18.5 Å². The van der Waals surface area contributed by atoms with E-state index in [1.54, 1.807) is 19.2 Å². The molecular weight excluding hydrogens is 393 g/mol. The number of thiophene rings is 1. The lowest BCUT2D eigenvalue weighted by molar-refractivity contribution is -0.274. The molecule has 0 amide bonds. The molecular formula is C16H10BrF3O2S. The maximum Gasteiger partial charge on any atom is 0.573 e. The molecule has 1 aromatic heterocycles. The predicted octanol–water partition coefficient (Wildman–Crippen LogP) is 6.24. The molecule has 0 unspecified atom stereocenters. The van der Waals surface area contributed by atoms with Crippen molar-refractivity contribution in [1.29, 1.82) is 0 Å². The Labute approximate surface area is 142 Å². The minimum Gasteiger partial charge on any atom is -0.497 e. The average Bonchev–Trinajstić information content (AvgIpc) is 2.88. The van der Waals surface area contributed by atoms with Gasteiger partial charge < -0.3 is 9.47 Å². The monoisotopic (exact) mass is 402 g/mol. The van der Waals surface area contributed by atoms with Crippen LogP contribution in [0.2, 0.25) is 0 Å². The highest BCUT2D eigenvalue weighted by Crippen LogP contribution is 2.41. The molecule has 0 spiro atoms. The van der Waals surface area contributed by atoms with Gasteiger partial charge in [-0.15, -0.1) is 24.5 Å². The Bertz CT molecular complexity index is 858. The van der Waals surface area contributed by atoms with E-state index in [4.69, 9.17) is 4.74 Å². The van der Waals surface area contributed by atoms with Gasteiger partial charge in [-0.1, -0.05) is 15.9 Å². The zero-order chi connectivity index (χ0) is 16.6. The van der Waals surface area contributed by atoms with Gasteiger partial charge in [-0.25, -0.2) is 0 Å². The number of ether oxygens (including phenoxy) is 2. The molecule has 120 valence electrons. The largest absolute Gasteiger partial charge is 0.573 e. The normalized spacial score (nSPS) is 11.7. The fourth-order valence-corrected chi connectivity index (χ4v) is 3.64. The van der Waals surface area contributed by atoms with E-state index in [1.165, 1.54) is 17.4 Å². The molecule has 0 radical (unpaired) electrons. The second kappa shape index (κ2) is 6.05. The van der Waals surface area contributed by atoms with Crippen LogP contribution in [0.4, 0.5) is 13.2 Å². The van der Waals surface area contributed by atoms with E-state index in [2.05, 4.69) is 20.7 Å². The summed E-state index contributed by atoms with van der Waals surface area (Å²) in [6.45, 7) is 0. The highest BCUT2D eigenvalue weighted by molar-refractivity contribution is 9.10. The maximum atomic E-state index is 12.6. The lowest BCUT2D eigenvalue weighted by Gasteiger charge is -2.12. The van der Waals surface area contributed by atoms with E-state index in [1.807, 2.05) is 24.3 Å². The predicted molar refractivity (Wildman–Crippen MR) is 88.2 cm³/mol. The minimum atomic E-state index is -4.74. The first-order valence-electron chi connectivity index (χ1n) is 6.49. The first kappa shape index (κ1) is 16.1. The van der Waals surface area contributed by atoms with Crippen LogP contribution >= 0.6 is 27.3 Å². The van der Waals surface area contributed by atoms with Crippen LogP contribution in [0.25, 0.3) is 20.5 Å². The van der Waals surface area contributed by atoms with E-state index >= 15 is 0 Å². The third-order valence-corrected chi connectivity index (χ3v) is 4.79. The summed E-state index contributed by atoms with van der Waals surface area (Å²) in [7, 11) is 1.57. The Morgan fingerprint density at radius 3 is 2.52 bits per heavy atom. The number of benzene rings is 2. The van der Waals surface area contributed by atoms with Crippen molar-refractivity contribution in [1.82, 2.24) is 0 Å². The summed E-state index contributed by atoms with van der Waals surface area (Å²) in [5, 5.41) is 0.937. The van der Waals surface area contributed by atoms with Gasteiger partial charge in [0.05, 0.1) is 7.11 Å². The second-order valence-electron chi connectivity index (χ2n) is 4.70. The molecule has 0 bridgehead atoms. The van der Waals surface area contributed by atoms with Crippen LogP contribution in [-0.2, 0) is 0 Å². The number of hydrogen-bond acceptors (Lipinski definition) is 3. The van der Waals surface area contributed by atoms with Crippen molar-refractivity contribution in [3.05, 3.63) is 46.9 Å². The van der Waals surface area contributed by atoms with Crippen molar-refractivity contribution in [2.75, 3.05) is 7.11 Å². The van der Waals surface area contributed by atoms with Gasteiger partial charge in [-0.3, -0.25) is 0 Å². The van der Waals surface area contributed by atoms with Gasteiger partial charge in [-0.05, 0) is 47.9 Å². The molecule has 3 aromatic rings. The molecule has 0 N–H and O–H groups in total. The Morgan fingerprint density at radius 1 is 1.04 bits per heavy atom. The Hall–Kier alpha value is -1.73. The smallest absolute Gasteiger partial charge is 0.497 e. The van der Waals surface area contributed by atoms with Gasteiger partial charge in [0.15, 0.2) is 0 Å². The van der Waals surface area contributed by atoms with E-state index < -0.39 is 6.36 Å². The summed E-state index contributed by atoms with van der Waals surface area (Å²) in [6, 6.07) is 12.0. The molecule has 3 rings (SSSR count). The summed E-state index contributed by atoms with van der Waals surface area (Å²) < 4.78 is 48.6. The van der Waals surface area contributed by atoms with Crippen LogP contribution in [0.5, 0.6) is 11.5 Å². The molecule has 0 saturated heterocycles. The van der Waals surface area contributed by atoms with Crippen LogP contribution in [0.3, 0.4) is 0 Å². The molecule has 0 atom stereocenters. The molecule has 0 fully saturated rings. The van der Waals surface area contributed by atoms with Crippen LogP contribution in [0, 0.1) is 0 Å². The number of fused-ring (bicyclic) bond motifs is 1. The summed E-state index contributed by atoms with van der Waals surface area (Å²) >= 11 is 4.55. The van der Waals surface area contributed by atoms with Crippen molar-refractivity contribution in [3.63, 3.8) is 0 Å². The van der Waals surface area contributed by atoms with Gasteiger partial charge in [0.25, 0.3) is 0 Å². The number of halogens is 4. The van der Waals surface area contributed by atoms with Crippen LogP contribution in [-0.4, -0.2) is 13.5 Å². The minimum absolute atomic E-state index is 0.231. The molecule has 7 heteroatoms. The lowest BCUT2D eigenvalue weighted by atomic mass is 10.1. The summed E-state index contributed by atoms with van der Waals surface area (Å²) in [6.07, 6.45) is -4.74. The van der Waals surface area contributed by atoms with Crippen molar-refractivity contribution >= 4 is 37.4 Å². The highest BCUT2D eigenvalue weighted by atomic mass is 79.9. The van der Waals surface area contributed by atoms with Gasteiger partial charge in [0.1, 0.15) is 11.5 Å². The van der Waals surface area contributed by atoms with Crippen molar-refractivity contribution in [3.8, 4) is 21.9 Å². The van der Waals surface area contributed by atoms with E-state index in [0.717, 1.165) is 10.1 Å². The van der Waals surface area contributed by atoms with Gasteiger partial charge in [0.2, 0.25) is 0 Å². The van der Waals surface area contributed by atoms with Gasteiger partial charge in [-0.2, -0.15) is 0 Å². The van der Waals surface area contributed by atoms with E-state index in [-0.39, 0.29) is 5.75 Å². The Kier molecular flexibility index (Phi) is 4.25. The van der Waals surface area contributed by atoms with Crippen molar-refractivity contribution < 1.29 is 22.6 Å². The molecule has 0 aliphatic rings. The summed E-state index contributed by atoms with van der Waals surface area (Å²) in [5.41, 5.74) is 0.394. The molecule has 0 aliphatic carbocycles. The van der Waals surface area contributed by atoms with Crippen molar-refractivity contribution in [2.24, 2.45) is 0 Å². The molecule has 1 heterocycles. The highest BCUT2D eigenvalue weighted by Gasteiger charge is 2.32. The summed E-state index contributed by atoms with van der Waals surface area (Å²) in [4.78, 5) is 0.694. The summed E-state index contributed by atoms with van der Waals surface area (Å²) in [5.74, 6) is 0.471. The Balaban J connectivity index is 2.10. The van der Waals surface area contributed by atoms with Crippen LogP contribution in [0.15, 0.2) is 46.9 Å². The number of rotatable bonds is 3. The fourth-order valence-electron chi connectivity index (χ4n) is 2.18. The van der Waals surface area contributed by atoms with Gasteiger partial charge >= 0.3 is 6.36 Å². The molecule has 0 saturated carbocycles. The zero-order valence-electron chi connectivity index (χ0n) is 11.8. The first-order valence-corrected chi connectivity index (χ1v) is 8.10. The molecule has 2 nitrogen and oxygen atoms in total. The fraction of sp³-hybridized carbons (Fsp3) is 0.125. The third-order valence-electron chi connectivity index (χ3n) is 3.16. The van der Waals surface area contributed by atoms with Gasteiger partial charge in [0, 0.05) is 19.6 Å². The average molecular weight is 403 g/mol. The zero-order valence-corrected chi connectivity index (χ0v) is 14.2. The first-order chi connectivity index (χ1) is 10.9. The SMILES string of the molecule is COc1ccc2cc(-c3ccc(Br)cc3OC(F)(F)F)sc2c1. The van der Waals surface area contributed by atoms with E-state index in [0.29, 0.717) is 20.7 Å². The quantitative estimate of drug-likeness (QED) is 0.516.